The normalized spacial score (nSPS) is 9.75. The second-order valence-electron chi connectivity index (χ2n) is 1.06. The largest absolute Gasteiger partial charge is 0.168 e. The zero-order valence-electron chi connectivity index (χ0n) is 4.79. The summed E-state index contributed by atoms with van der Waals surface area (Å²) in [5, 5.41) is 3.34. The van der Waals surface area contributed by atoms with Crippen LogP contribution >= 0.6 is 47.9 Å². The quantitative estimate of drug-likeness (QED) is 0.398. The molecule has 0 unspecified atom stereocenters. The molecule has 0 amide bonds. The SMILES string of the molecule is CSCSCSCS. The third-order valence-electron chi connectivity index (χ3n) is 0.459. The molecular formula is C4H10S4. The minimum absolute atomic E-state index is 0.946. The number of thioether (sulfide) groups is 3. The van der Waals surface area contributed by atoms with E-state index in [9.17, 15) is 0 Å². The summed E-state index contributed by atoms with van der Waals surface area (Å²) in [5.74, 6) is 0. The number of hydrogen-bond donors (Lipinski definition) is 1. The Morgan fingerprint density at radius 2 is 2.00 bits per heavy atom. The molecule has 0 aromatic rings. The van der Waals surface area contributed by atoms with Gasteiger partial charge in [-0.1, -0.05) is 0 Å². The summed E-state index contributed by atoms with van der Waals surface area (Å²) in [6.07, 6.45) is 2.12. The molecule has 0 aliphatic heterocycles. The van der Waals surface area contributed by atoms with Gasteiger partial charge in [-0.2, -0.15) is 24.4 Å². The molecule has 0 N–H and O–H groups in total. The highest BCUT2D eigenvalue weighted by Crippen LogP contribution is 2.15. The van der Waals surface area contributed by atoms with Crippen molar-refractivity contribution in [2.45, 2.75) is 0 Å². The number of rotatable bonds is 5. The van der Waals surface area contributed by atoms with Gasteiger partial charge in [-0.15, -0.1) is 23.5 Å². The Morgan fingerprint density at radius 1 is 1.25 bits per heavy atom. The lowest BCUT2D eigenvalue weighted by Crippen LogP contribution is -1.70. The van der Waals surface area contributed by atoms with Crippen LogP contribution in [0, 0.1) is 0 Å². The van der Waals surface area contributed by atoms with Crippen LogP contribution in [-0.4, -0.2) is 21.5 Å². The van der Waals surface area contributed by atoms with Crippen molar-refractivity contribution in [1.82, 2.24) is 0 Å². The van der Waals surface area contributed by atoms with Crippen LogP contribution in [0.15, 0.2) is 0 Å². The van der Waals surface area contributed by atoms with Gasteiger partial charge < -0.3 is 0 Å². The van der Waals surface area contributed by atoms with Crippen molar-refractivity contribution in [2.24, 2.45) is 0 Å². The lowest BCUT2D eigenvalue weighted by molar-refractivity contribution is 2.11. The van der Waals surface area contributed by atoms with Crippen molar-refractivity contribution in [3.05, 3.63) is 0 Å². The molecule has 0 heterocycles. The van der Waals surface area contributed by atoms with Gasteiger partial charge in [0.05, 0.1) is 0 Å². The lowest BCUT2D eigenvalue weighted by Gasteiger charge is -1.93. The second kappa shape index (κ2) is 8.40. The fourth-order valence-electron chi connectivity index (χ4n) is 0.214. The Kier molecular flexibility index (Phi) is 9.87. The highest BCUT2D eigenvalue weighted by Gasteiger charge is 1.83. The van der Waals surface area contributed by atoms with Crippen LogP contribution in [0.4, 0.5) is 0 Å². The molecule has 0 fully saturated rings. The van der Waals surface area contributed by atoms with Crippen molar-refractivity contribution in [3.63, 3.8) is 0 Å². The van der Waals surface area contributed by atoms with Crippen LogP contribution in [0.2, 0.25) is 0 Å². The van der Waals surface area contributed by atoms with Gasteiger partial charge in [-0.05, 0) is 6.26 Å². The zero-order chi connectivity index (χ0) is 6.24. The molecule has 0 aromatic carbocycles. The van der Waals surface area contributed by atoms with Gasteiger partial charge in [0.25, 0.3) is 0 Å². The van der Waals surface area contributed by atoms with E-state index in [4.69, 9.17) is 0 Å². The zero-order valence-corrected chi connectivity index (χ0v) is 8.14. The Balaban J connectivity index is 2.53. The van der Waals surface area contributed by atoms with Crippen LogP contribution in [0.3, 0.4) is 0 Å². The predicted octanol–water partition coefficient (Wildman–Crippen LogP) is 2.62. The van der Waals surface area contributed by atoms with Crippen LogP contribution in [-0.2, 0) is 0 Å². The van der Waals surface area contributed by atoms with E-state index in [0.717, 1.165) is 5.08 Å². The first kappa shape index (κ1) is 9.40. The summed E-state index contributed by atoms with van der Waals surface area (Å²) in [5.41, 5.74) is 0. The summed E-state index contributed by atoms with van der Waals surface area (Å²) in [7, 11) is 0. The summed E-state index contributed by atoms with van der Waals surface area (Å²) in [4.78, 5) is 0. The van der Waals surface area contributed by atoms with E-state index in [1.807, 2.05) is 35.3 Å². The molecular weight excluding hydrogens is 176 g/mol. The molecule has 0 spiro atoms. The Hall–Kier alpha value is 1.40. The Morgan fingerprint density at radius 3 is 2.50 bits per heavy atom. The van der Waals surface area contributed by atoms with Crippen molar-refractivity contribution in [1.29, 1.82) is 0 Å². The van der Waals surface area contributed by atoms with Gasteiger partial charge >= 0.3 is 0 Å². The van der Waals surface area contributed by atoms with Gasteiger partial charge in [0.2, 0.25) is 0 Å². The topological polar surface area (TPSA) is 0 Å². The molecule has 0 rings (SSSR count). The van der Waals surface area contributed by atoms with Gasteiger partial charge in [-0.3, -0.25) is 0 Å². The predicted molar refractivity (Wildman–Crippen MR) is 52.3 cm³/mol. The second-order valence-corrected chi connectivity index (χ2v) is 5.37. The Bertz CT molecular complexity index is 33.0. The average Bonchev–Trinajstić information content (AvgIpc) is 1.81. The van der Waals surface area contributed by atoms with Crippen LogP contribution in [0.25, 0.3) is 0 Å². The number of hydrogen-bond acceptors (Lipinski definition) is 4. The smallest absolute Gasteiger partial charge is 0.0408 e. The molecule has 50 valence electrons. The van der Waals surface area contributed by atoms with Crippen LogP contribution < -0.4 is 0 Å². The molecule has 4 heteroatoms. The molecule has 0 saturated carbocycles. The molecule has 0 nitrogen and oxygen atoms in total. The Labute approximate surface area is 69.4 Å². The molecule has 8 heavy (non-hydrogen) atoms. The fourth-order valence-corrected chi connectivity index (χ4v) is 3.21. The summed E-state index contributed by atoms with van der Waals surface area (Å²) >= 11 is 9.76. The maximum atomic E-state index is 4.07. The molecule has 0 bridgehead atoms. The maximum absolute atomic E-state index is 4.07. The van der Waals surface area contributed by atoms with Gasteiger partial charge in [0.15, 0.2) is 0 Å². The summed E-state index contributed by atoms with van der Waals surface area (Å²) in [6, 6.07) is 0. The first-order chi connectivity index (χ1) is 3.91. The molecule has 0 saturated heterocycles. The van der Waals surface area contributed by atoms with Crippen molar-refractivity contribution >= 4 is 47.9 Å². The molecule has 0 atom stereocenters. The van der Waals surface area contributed by atoms with E-state index in [2.05, 4.69) is 18.9 Å². The first-order valence-electron chi connectivity index (χ1n) is 2.17. The third-order valence-corrected chi connectivity index (χ3v) is 4.13. The number of thiol groups is 1. The molecule has 0 aliphatic rings. The first-order valence-corrected chi connectivity index (χ1v) is 6.50. The van der Waals surface area contributed by atoms with Crippen molar-refractivity contribution < 1.29 is 0 Å². The third kappa shape index (κ3) is 7.40. The van der Waals surface area contributed by atoms with Crippen molar-refractivity contribution in [2.75, 3.05) is 21.5 Å². The monoisotopic (exact) mass is 186 g/mol. The highest BCUT2D eigenvalue weighted by molar-refractivity contribution is 8.24. The van der Waals surface area contributed by atoms with Gasteiger partial charge in [-0.25, -0.2) is 0 Å². The van der Waals surface area contributed by atoms with Gasteiger partial charge in [0, 0.05) is 15.3 Å². The van der Waals surface area contributed by atoms with E-state index in [0.29, 0.717) is 0 Å². The van der Waals surface area contributed by atoms with Crippen LogP contribution in [0.5, 0.6) is 0 Å². The summed E-state index contributed by atoms with van der Waals surface area (Å²) in [6.45, 7) is 0. The summed E-state index contributed by atoms with van der Waals surface area (Å²) < 4.78 is 0. The average molecular weight is 186 g/mol. The fraction of sp³-hybridized carbons (Fsp3) is 1.00. The van der Waals surface area contributed by atoms with E-state index in [1.165, 1.54) is 10.2 Å². The van der Waals surface area contributed by atoms with E-state index < -0.39 is 0 Å². The van der Waals surface area contributed by atoms with Crippen molar-refractivity contribution in [3.8, 4) is 0 Å². The molecule has 0 aliphatic carbocycles. The maximum Gasteiger partial charge on any atom is 0.0408 e. The molecule has 0 radical (unpaired) electrons. The van der Waals surface area contributed by atoms with Crippen LogP contribution in [0.1, 0.15) is 0 Å². The molecule has 0 aromatic heterocycles. The minimum Gasteiger partial charge on any atom is -0.168 e. The standard InChI is InChI=1S/C4H10S4/c1-6-3-8-4-7-2-5/h5H,2-4H2,1H3. The lowest BCUT2D eigenvalue weighted by atomic mass is 11.8. The minimum atomic E-state index is 0.946. The highest BCUT2D eigenvalue weighted by atomic mass is 32.2. The van der Waals surface area contributed by atoms with E-state index in [1.54, 1.807) is 0 Å². The van der Waals surface area contributed by atoms with E-state index >= 15 is 0 Å². The van der Waals surface area contributed by atoms with E-state index in [-0.39, 0.29) is 0 Å². The van der Waals surface area contributed by atoms with Gasteiger partial charge in [0.1, 0.15) is 0 Å².